The highest BCUT2D eigenvalue weighted by Gasteiger charge is 2.44. The molecule has 0 N–H and O–H groups in total. The van der Waals surface area contributed by atoms with E-state index in [0.717, 1.165) is 21.3 Å². The van der Waals surface area contributed by atoms with E-state index < -0.39 is 26.0 Å². The molecule has 2 unspecified atom stereocenters. The molecule has 2 atom stereocenters. The third-order valence-electron chi connectivity index (χ3n) is 1.15. The van der Waals surface area contributed by atoms with Gasteiger partial charge in [-0.3, -0.25) is 0 Å². The summed E-state index contributed by atoms with van der Waals surface area (Å²) in [7, 11) is 0.750. The average Bonchev–Trinajstić information content (AvgIpc) is 2.23. The Labute approximate surface area is 81.1 Å². The highest BCUT2D eigenvalue weighted by Crippen LogP contribution is 2.30. The third-order valence-corrected chi connectivity index (χ3v) is 2.21. The lowest BCUT2D eigenvalue weighted by atomic mass is 10.7. The monoisotopic (exact) mass is 225 g/mol. The summed E-state index contributed by atoms with van der Waals surface area (Å²) in [5, 5.41) is 0. The van der Waals surface area contributed by atoms with Crippen molar-refractivity contribution in [2.75, 3.05) is 21.3 Å². The molecule has 0 heterocycles. The number of rotatable bonds is 4. The van der Waals surface area contributed by atoms with Crippen LogP contribution < -0.4 is 0 Å². The Balaban J connectivity index is 4.48. The third kappa shape index (κ3) is 3.68. The van der Waals surface area contributed by atoms with Gasteiger partial charge < -0.3 is 14.2 Å². The van der Waals surface area contributed by atoms with Gasteiger partial charge in [0.05, 0.1) is 21.3 Å². The number of methoxy groups -OCH3 is 2. The fourth-order valence-electron chi connectivity index (χ4n) is 0.513. The largest absolute Gasteiger partial charge is 0.566 e. The van der Waals surface area contributed by atoms with Crippen LogP contribution in [0.15, 0.2) is 0 Å². The van der Waals surface area contributed by atoms with Crippen LogP contribution in [-0.4, -0.2) is 39.3 Å². The van der Waals surface area contributed by atoms with Gasteiger partial charge in [0.15, 0.2) is 0 Å². The first-order valence-corrected chi connectivity index (χ1v) is 4.64. The molecule has 0 saturated carbocycles. The molecule has 14 heavy (non-hydrogen) atoms. The van der Waals surface area contributed by atoms with Crippen LogP contribution in [0.2, 0.25) is 0 Å². The lowest BCUT2D eigenvalue weighted by molar-refractivity contribution is -0.147. The summed E-state index contributed by atoms with van der Waals surface area (Å²) in [6.07, 6.45) is -1.14. The number of esters is 1. The van der Waals surface area contributed by atoms with Gasteiger partial charge in [-0.2, -0.15) is 0 Å². The van der Waals surface area contributed by atoms with Gasteiger partial charge in [0.2, 0.25) is 0 Å². The number of hydrogen-bond donors (Lipinski definition) is 0. The van der Waals surface area contributed by atoms with Gasteiger partial charge in [-0.05, 0) is 4.57 Å². The second-order valence-electron chi connectivity index (χ2n) is 1.92. The van der Waals surface area contributed by atoms with Crippen molar-refractivity contribution in [1.29, 1.82) is 0 Å². The molecule has 0 aromatic heterocycles. The van der Waals surface area contributed by atoms with Crippen molar-refractivity contribution in [3.63, 3.8) is 0 Å². The first-order chi connectivity index (χ1) is 6.56. The Kier molecular flexibility index (Phi) is 5.74. The van der Waals surface area contributed by atoms with Gasteiger partial charge in [-0.15, -0.1) is 4.52 Å². The van der Waals surface area contributed by atoms with E-state index in [1.54, 1.807) is 0 Å². The summed E-state index contributed by atoms with van der Waals surface area (Å²) < 4.78 is 28.1. The normalized spacial score (nSPS) is 12.6. The van der Waals surface area contributed by atoms with Crippen molar-refractivity contribution in [3.8, 4) is 0 Å². The van der Waals surface area contributed by atoms with Gasteiger partial charge in [0.25, 0.3) is 0 Å². The van der Waals surface area contributed by atoms with Gasteiger partial charge in [0.1, 0.15) is 0 Å². The smallest absolute Gasteiger partial charge is 0.463 e. The standard InChI is InChI=1S/C6H10O7P/c1-10-4(7)5(14(9)12-3)13-6(8)11-2/h5H,1-3H3/q+1. The Hall–Kier alpha value is -1.20. The quantitative estimate of drug-likeness (QED) is 0.512. The second-order valence-corrected chi connectivity index (χ2v) is 3.32. The van der Waals surface area contributed by atoms with Crippen LogP contribution in [0.5, 0.6) is 0 Å². The first kappa shape index (κ1) is 12.8. The maximum Gasteiger partial charge on any atom is 0.566 e. The van der Waals surface area contributed by atoms with Gasteiger partial charge in [-0.25, -0.2) is 9.59 Å². The van der Waals surface area contributed by atoms with E-state index >= 15 is 0 Å². The van der Waals surface area contributed by atoms with E-state index in [1.165, 1.54) is 0 Å². The van der Waals surface area contributed by atoms with Crippen LogP contribution in [0.25, 0.3) is 0 Å². The highest BCUT2D eigenvalue weighted by molar-refractivity contribution is 7.41. The van der Waals surface area contributed by atoms with Gasteiger partial charge in [0, 0.05) is 0 Å². The minimum absolute atomic E-state index is 0.974. The molecule has 80 valence electrons. The van der Waals surface area contributed by atoms with E-state index in [1.807, 2.05) is 0 Å². The van der Waals surface area contributed by atoms with E-state index in [9.17, 15) is 14.2 Å². The lowest BCUT2D eigenvalue weighted by Gasteiger charge is -2.04. The zero-order chi connectivity index (χ0) is 11.1. The van der Waals surface area contributed by atoms with Crippen molar-refractivity contribution < 1.29 is 32.9 Å². The summed E-state index contributed by atoms with van der Waals surface area (Å²) in [6, 6.07) is 0. The second kappa shape index (κ2) is 6.28. The number of hydrogen-bond acceptors (Lipinski definition) is 7. The molecule has 0 rings (SSSR count). The van der Waals surface area contributed by atoms with E-state index in [-0.39, 0.29) is 0 Å². The van der Waals surface area contributed by atoms with Crippen LogP contribution in [0.1, 0.15) is 0 Å². The van der Waals surface area contributed by atoms with Crippen molar-refractivity contribution in [2.24, 2.45) is 0 Å². The minimum Gasteiger partial charge on any atom is -0.463 e. The zero-order valence-corrected chi connectivity index (χ0v) is 8.78. The van der Waals surface area contributed by atoms with E-state index in [4.69, 9.17) is 0 Å². The molecule has 0 aromatic rings. The zero-order valence-electron chi connectivity index (χ0n) is 7.88. The Morgan fingerprint density at radius 3 is 2.07 bits per heavy atom. The number of ether oxygens (including phenoxy) is 3. The molecule has 0 spiro atoms. The summed E-state index contributed by atoms with van der Waals surface area (Å²) in [6.45, 7) is 0. The molecule has 7 nitrogen and oxygen atoms in total. The summed E-state index contributed by atoms with van der Waals surface area (Å²) in [5.41, 5.74) is 0. The number of carbonyl (C=O) groups excluding carboxylic acids is 2. The molecule has 0 aromatic carbocycles. The van der Waals surface area contributed by atoms with Gasteiger partial charge in [-0.1, -0.05) is 0 Å². The molecule has 0 saturated heterocycles. The van der Waals surface area contributed by atoms with Crippen molar-refractivity contribution in [2.45, 2.75) is 5.85 Å². The summed E-state index contributed by atoms with van der Waals surface area (Å²) in [4.78, 5) is 21.6. The van der Waals surface area contributed by atoms with Crippen molar-refractivity contribution >= 4 is 20.2 Å². The SMILES string of the molecule is COC(=O)OC(C(=O)OC)[P+](=O)OC. The predicted octanol–water partition coefficient (Wildman–Crippen LogP) is 0.657. The molecule has 0 fully saturated rings. The van der Waals surface area contributed by atoms with Crippen LogP contribution >= 0.6 is 8.03 Å². The maximum atomic E-state index is 11.1. The Morgan fingerprint density at radius 2 is 1.71 bits per heavy atom. The van der Waals surface area contributed by atoms with Crippen LogP contribution in [0, 0.1) is 0 Å². The van der Waals surface area contributed by atoms with E-state index in [2.05, 4.69) is 18.7 Å². The van der Waals surface area contributed by atoms with Crippen LogP contribution in [0.3, 0.4) is 0 Å². The molecule has 0 aliphatic heterocycles. The maximum absolute atomic E-state index is 11.1. The average molecular weight is 225 g/mol. The molecule has 0 amide bonds. The van der Waals surface area contributed by atoms with Crippen molar-refractivity contribution in [1.82, 2.24) is 0 Å². The van der Waals surface area contributed by atoms with Gasteiger partial charge >= 0.3 is 26.0 Å². The molecule has 0 radical (unpaired) electrons. The highest BCUT2D eigenvalue weighted by atomic mass is 31.1. The Bertz CT molecular complexity index is 222. The predicted molar refractivity (Wildman–Crippen MR) is 43.9 cm³/mol. The molecule has 0 aliphatic carbocycles. The fourth-order valence-corrected chi connectivity index (χ4v) is 1.15. The molecular weight excluding hydrogens is 215 g/mol. The minimum atomic E-state index is -2.47. The Morgan fingerprint density at radius 1 is 1.14 bits per heavy atom. The molecule has 0 aliphatic rings. The molecular formula is C6H10O7P+. The summed E-state index contributed by atoms with van der Waals surface area (Å²) >= 11 is 0. The topological polar surface area (TPSA) is 88.1 Å². The van der Waals surface area contributed by atoms with Crippen molar-refractivity contribution in [3.05, 3.63) is 0 Å². The first-order valence-electron chi connectivity index (χ1n) is 3.39. The number of carbonyl (C=O) groups is 2. The van der Waals surface area contributed by atoms with E-state index in [0.29, 0.717) is 0 Å². The lowest BCUT2D eigenvalue weighted by Crippen LogP contribution is -2.25. The van der Waals surface area contributed by atoms with Crippen LogP contribution in [-0.2, 0) is 28.1 Å². The fraction of sp³-hybridized carbons (Fsp3) is 0.667. The van der Waals surface area contributed by atoms with Crippen LogP contribution in [0.4, 0.5) is 4.79 Å². The summed E-state index contributed by atoms with van der Waals surface area (Å²) in [5.74, 6) is -2.58. The molecule has 0 bridgehead atoms. The molecule has 8 heteroatoms.